The monoisotopic (exact) mass is 568 g/mol. The summed E-state index contributed by atoms with van der Waals surface area (Å²) in [6, 6.07) is 21.3. The van der Waals surface area contributed by atoms with Crippen molar-refractivity contribution in [1.82, 2.24) is 30.5 Å². The quantitative estimate of drug-likeness (QED) is 0.209. The summed E-state index contributed by atoms with van der Waals surface area (Å²) in [6.07, 6.45) is 3.41. The second-order valence-electron chi connectivity index (χ2n) is 9.82. The van der Waals surface area contributed by atoms with Crippen LogP contribution in [0.2, 0.25) is 0 Å². The summed E-state index contributed by atoms with van der Waals surface area (Å²) < 4.78 is 6.96. The smallest absolute Gasteiger partial charge is 0.313 e. The van der Waals surface area contributed by atoms with Crippen LogP contribution in [0.3, 0.4) is 0 Å². The molecule has 42 heavy (non-hydrogen) atoms. The number of rotatable bonds is 11. The molecule has 1 aliphatic heterocycles. The van der Waals surface area contributed by atoms with Gasteiger partial charge in [0.25, 0.3) is 5.91 Å². The van der Waals surface area contributed by atoms with Gasteiger partial charge in [0.2, 0.25) is 5.78 Å². The Morgan fingerprint density at radius 3 is 2.45 bits per heavy atom. The Labute approximate surface area is 243 Å². The fourth-order valence-electron chi connectivity index (χ4n) is 4.75. The molecule has 0 radical (unpaired) electrons. The van der Waals surface area contributed by atoms with Gasteiger partial charge in [-0.15, -0.1) is 0 Å². The normalized spacial score (nSPS) is 14.2. The third-order valence-corrected chi connectivity index (χ3v) is 6.92. The zero-order valence-electron chi connectivity index (χ0n) is 23.2. The number of ether oxygens (including phenoxy) is 1. The minimum atomic E-state index is -1.13. The second-order valence-corrected chi connectivity index (χ2v) is 9.82. The number of aromatic nitrogens is 3. The highest BCUT2D eigenvalue weighted by molar-refractivity contribution is 6.38. The van der Waals surface area contributed by atoms with E-state index >= 15 is 0 Å². The van der Waals surface area contributed by atoms with E-state index in [9.17, 15) is 14.4 Å². The average Bonchev–Trinajstić information content (AvgIpc) is 3.52. The van der Waals surface area contributed by atoms with Crippen molar-refractivity contribution < 1.29 is 24.0 Å². The molecule has 2 aromatic carbocycles. The fraction of sp³-hybridized carbons (Fsp3) is 0.258. The lowest BCUT2D eigenvalue weighted by Crippen LogP contribution is -2.48. The van der Waals surface area contributed by atoms with Gasteiger partial charge in [-0.25, -0.2) is 15.1 Å². The number of hydroxylamine groups is 1. The highest BCUT2D eigenvalue weighted by Gasteiger charge is 2.29. The Morgan fingerprint density at radius 1 is 0.952 bits per heavy atom. The van der Waals surface area contributed by atoms with Crippen LogP contribution < -0.4 is 10.8 Å². The van der Waals surface area contributed by atoms with E-state index in [1.165, 1.54) is 17.4 Å². The number of Topliss-reactive ketones (excluding diaryl/α,β-unsaturated/α-hetero) is 1. The third-order valence-electron chi connectivity index (χ3n) is 6.92. The highest BCUT2D eigenvalue weighted by atomic mass is 16.6. The summed E-state index contributed by atoms with van der Waals surface area (Å²) in [4.78, 5) is 50.0. The summed E-state index contributed by atoms with van der Waals surface area (Å²) in [7, 11) is 1.23. The number of carbonyl (C=O) groups excluding carboxylic acids is 3. The Hall–Kier alpha value is -4.71. The summed E-state index contributed by atoms with van der Waals surface area (Å²) >= 11 is 0. The van der Waals surface area contributed by atoms with Crippen molar-refractivity contribution in [1.29, 1.82) is 0 Å². The lowest BCUT2D eigenvalue weighted by Gasteiger charge is -2.26. The van der Waals surface area contributed by atoms with E-state index in [-0.39, 0.29) is 17.8 Å². The van der Waals surface area contributed by atoms with Crippen molar-refractivity contribution in [2.75, 3.05) is 33.4 Å². The summed E-state index contributed by atoms with van der Waals surface area (Å²) in [6.45, 7) is 4.24. The molecule has 2 amide bonds. The number of carbonyl (C=O) groups is 3. The largest absolute Gasteiger partial charge is 0.379 e. The van der Waals surface area contributed by atoms with Crippen LogP contribution in [-0.4, -0.2) is 76.7 Å². The lowest BCUT2D eigenvalue weighted by molar-refractivity contribution is -0.145. The second kappa shape index (κ2) is 13.8. The van der Waals surface area contributed by atoms with Crippen molar-refractivity contribution in [2.24, 2.45) is 0 Å². The molecule has 1 aliphatic rings. The Morgan fingerprint density at radius 2 is 1.71 bits per heavy atom. The predicted molar refractivity (Wildman–Crippen MR) is 154 cm³/mol. The number of nitrogens with zero attached hydrogens (tertiary/aromatic N) is 4. The van der Waals surface area contributed by atoms with E-state index in [1.807, 2.05) is 54.0 Å². The molecule has 1 saturated heterocycles. The number of benzene rings is 2. The number of nitrogens with one attached hydrogen (secondary N) is 2. The maximum Gasteiger partial charge on any atom is 0.313 e. The first-order chi connectivity index (χ1) is 20.5. The molecule has 4 aromatic rings. The number of pyridine rings is 1. The topological polar surface area (TPSA) is 128 Å². The van der Waals surface area contributed by atoms with Crippen molar-refractivity contribution >= 4 is 17.6 Å². The standard InChI is InChI=1S/C31H32N6O5/c1-41-35-31(40)28(38)27(20-22-6-3-2-4-7-22)33-30(39)25-8-5-14-32-29(25)37-15-13-26(34-37)24-11-9-23(10-12-24)21-36-16-18-42-19-17-36/h2-15,27H,16-21H2,1H3,(H,33,39)(H,35,40)/t27-/m0/s1. The molecule has 11 nitrogen and oxygen atoms in total. The van der Waals surface area contributed by atoms with E-state index < -0.39 is 23.6 Å². The molecule has 0 saturated carbocycles. The van der Waals surface area contributed by atoms with Gasteiger partial charge in [0.15, 0.2) is 5.82 Å². The molecule has 2 N–H and O–H groups in total. The zero-order chi connectivity index (χ0) is 29.3. The molecular formula is C31H32N6O5. The van der Waals surface area contributed by atoms with Gasteiger partial charge >= 0.3 is 5.91 Å². The van der Waals surface area contributed by atoms with E-state index in [2.05, 4.69) is 37.3 Å². The maximum atomic E-state index is 13.5. The van der Waals surface area contributed by atoms with E-state index in [0.717, 1.165) is 49.7 Å². The lowest BCUT2D eigenvalue weighted by atomic mass is 10.0. The molecule has 2 aromatic heterocycles. The van der Waals surface area contributed by atoms with Crippen LogP contribution in [0.5, 0.6) is 0 Å². The minimum Gasteiger partial charge on any atom is -0.379 e. The molecule has 1 atom stereocenters. The number of hydrogen-bond donors (Lipinski definition) is 2. The third kappa shape index (κ3) is 7.13. The summed E-state index contributed by atoms with van der Waals surface area (Å²) in [5.41, 5.74) is 5.87. The van der Waals surface area contributed by atoms with Crippen LogP contribution in [0, 0.1) is 0 Å². The Bertz CT molecular complexity index is 1520. The van der Waals surface area contributed by atoms with Crippen molar-refractivity contribution in [3.05, 3.63) is 102 Å². The van der Waals surface area contributed by atoms with Gasteiger partial charge in [-0.05, 0) is 29.3 Å². The molecule has 11 heteroatoms. The summed E-state index contributed by atoms with van der Waals surface area (Å²) in [5, 5.41) is 7.38. The van der Waals surface area contributed by atoms with Crippen LogP contribution in [0.15, 0.2) is 85.2 Å². The van der Waals surface area contributed by atoms with Gasteiger partial charge in [-0.1, -0.05) is 54.6 Å². The molecule has 0 unspecified atom stereocenters. The number of ketones is 1. The van der Waals surface area contributed by atoms with Crippen molar-refractivity contribution in [3.63, 3.8) is 0 Å². The molecular weight excluding hydrogens is 536 g/mol. The molecule has 1 fully saturated rings. The first kappa shape index (κ1) is 28.8. The van der Waals surface area contributed by atoms with Crippen LogP contribution in [0.4, 0.5) is 0 Å². The van der Waals surface area contributed by atoms with Gasteiger partial charge in [0.05, 0.1) is 31.6 Å². The van der Waals surface area contributed by atoms with Crippen LogP contribution in [0.25, 0.3) is 17.1 Å². The van der Waals surface area contributed by atoms with Crippen molar-refractivity contribution in [3.8, 4) is 17.1 Å². The van der Waals surface area contributed by atoms with Crippen LogP contribution >= 0.6 is 0 Å². The number of hydrogen-bond acceptors (Lipinski definition) is 8. The van der Waals surface area contributed by atoms with Crippen molar-refractivity contribution in [2.45, 2.75) is 19.0 Å². The SMILES string of the molecule is CONC(=O)C(=O)[C@H](Cc1ccccc1)NC(=O)c1cccnc1-n1ccc(-c2ccc(CN3CCOCC3)cc2)n1. The minimum absolute atomic E-state index is 0.117. The van der Waals surface area contributed by atoms with E-state index in [0.29, 0.717) is 0 Å². The summed E-state index contributed by atoms with van der Waals surface area (Å²) in [5.74, 6) is -2.07. The maximum absolute atomic E-state index is 13.5. The average molecular weight is 569 g/mol. The molecule has 216 valence electrons. The molecule has 0 aliphatic carbocycles. The van der Waals surface area contributed by atoms with Gasteiger partial charge in [-0.3, -0.25) is 24.1 Å². The highest BCUT2D eigenvalue weighted by Crippen LogP contribution is 2.21. The molecule has 0 bridgehead atoms. The first-order valence-corrected chi connectivity index (χ1v) is 13.6. The first-order valence-electron chi connectivity index (χ1n) is 13.6. The molecule has 3 heterocycles. The van der Waals surface area contributed by atoms with Gasteiger partial charge in [0.1, 0.15) is 6.04 Å². The fourth-order valence-corrected chi connectivity index (χ4v) is 4.75. The molecule has 0 spiro atoms. The number of amides is 2. The van der Waals surface area contributed by atoms with Crippen LogP contribution in [-0.2, 0) is 32.1 Å². The zero-order valence-corrected chi connectivity index (χ0v) is 23.2. The molecule has 5 rings (SSSR count). The van der Waals surface area contributed by atoms with E-state index in [4.69, 9.17) is 4.74 Å². The van der Waals surface area contributed by atoms with Gasteiger partial charge in [-0.2, -0.15) is 5.10 Å². The predicted octanol–water partition coefficient (Wildman–Crippen LogP) is 2.35. The van der Waals surface area contributed by atoms with Crippen LogP contribution in [0.1, 0.15) is 21.5 Å². The van der Waals surface area contributed by atoms with E-state index in [1.54, 1.807) is 24.5 Å². The van der Waals surface area contributed by atoms with Gasteiger partial charge < -0.3 is 10.1 Å². The Kier molecular flexibility index (Phi) is 9.44. The van der Waals surface area contributed by atoms with Gasteiger partial charge in [0, 0.05) is 44.0 Å². The Balaban J connectivity index is 1.33. The number of morpholine rings is 1.